The zero-order valence-electron chi connectivity index (χ0n) is 18.0. The molecule has 0 bridgehead atoms. The highest BCUT2D eigenvalue weighted by molar-refractivity contribution is 6.02. The quantitative estimate of drug-likeness (QED) is 0.483. The van der Waals surface area contributed by atoms with Crippen molar-refractivity contribution in [2.75, 3.05) is 0 Å². The second-order valence-corrected chi connectivity index (χ2v) is 8.47. The zero-order valence-corrected chi connectivity index (χ0v) is 18.0. The normalized spacial score (nSPS) is 22.2. The van der Waals surface area contributed by atoms with Gasteiger partial charge in [-0.15, -0.1) is 4.91 Å². The number of nitroso groups, excluding NO2 is 1. The average molecular weight is 444 g/mol. The number of hydrogen-bond donors (Lipinski definition) is 3. The van der Waals surface area contributed by atoms with Gasteiger partial charge in [0.1, 0.15) is 17.6 Å². The van der Waals surface area contributed by atoms with Gasteiger partial charge in [-0.1, -0.05) is 36.4 Å². The Morgan fingerprint density at radius 3 is 2.12 bits per heavy atom. The van der Waals surface area contributed by atoms with Crippen LogP contribution >= 0.6 is 0 Å². The van der Waals surface area contributed by atoms with Crippen LogP contribution in [0.1, 0.15) is 36.8 Å². The Morgan fingerprint density at radius 1 is 0.909 bits per heavy atom. The summed E-state index contributed by atoms with van der Waals surface area (Å²) in [6.45, 7) is 0. The van der Waals surface area contributed by atoms with E-state index >= 15 is 0 Å². The standard InChI is InChI=1S/C26H25N3O4/c27-32-19-11-16(12-20(14-19)33-28)26-23-7-3-1-5-21(23)25(22-6-2-4-8-24(22)26)15-9-17(29-31)13-18(30)10-15/h1,3,5-9,11,13-14,18,20,30H,2,4,10,12,27-28H2. The van der Waals surface area contributed by atoms with Crippen LogP contribution in [0, 0.1) is 4.91 Å². The SMILES string of the molecule is NOC1=CC(ON)CC(c2c3c(c(C4=CC(N=O)=CC(O)C4)c4ccccc24)=CCCC=3)=C1. The number of allylic oxidation sites excluding steroid dienone is 2. The number of fused-ring (bicyclic) bond motifs is 2. The molecule has 2 atom stereocenters. The van der Waals surface area contributed by atoms with E-state index in [0.717, 1.165) is 56.3 Å². The molecule has 3 aliphatic carbocycles. The van der Waals surface area contributed by atoms with Crippen molar-refractivity contribution in [3.8, 4) is 0 Å². The lowest BCUT2D eigenvalue weighted by Gasteiger charge is -2.25. The Labute approximate surface area is 190 Å². The topological polar surface area (TPSA) is 120 Å². The molecule has 0 aliphatic heterocycles. The highest BCUT2D eigenvalue weighted by Gasteiger charge is 2.24. The molecule has 0 amide bonds. The molecule has 5 rings (SSSR count). The van der Waals surface area contributed by atoms with Crippen molar-refractivity contribution in [3.05, 3.63) is 86.5 Å². The van der Waals surface area contributed by atoms with E-state index in [4.69, 9.17) is 21.5 Å². The number of benzene rings is 2. The van der Waals surface area contributed by atoms with Crippen LogP contribution in [0.25, 0.3) is 34.1 Å². The largest absolute Gasteiger partial charge is 0.412 e. The number of nitrogens with two attached hydrogens (primary N) is 2. The molecular formula is C26H25N3O4. The van der Waals surface area contributed by atoms with E-state index in [0.29, 0.717) is 18.6 Å². The highest BCUT2D eigenvalue weighted by Crippen LogP contribution is 2.35. The van der Waals surface area contributed by atoms with Gasteiger partial charge in [-0.05, 0) is 85.8 Å². The van der Waals surface area contributed by atoms with Crippen LogP contribution in [0.5, 0.6) is 0 Å². The molecule has 2 unspecified atom stereocenters. The van der Waals surface area contributed by atoms with Gasteiger partial charge in [-0.3, -0.25) is 4.84 Å². The van der Waals surface area contributed by atoms with Crippen molar-refractivity contribution >= 4 is 34.1 Å². The van der Waals surface area contributed by atoms with Crippen molar-refractivity contribution in [2.45, 2.75) is 37.9 Å². The van der Waals surface area contributed by atoms with Crippen molar-refractivity contribution in [2.24, 2.45) is 17.0 Å². The minimum absolute atomic E-state index is 0.248. The van der Waals surface area contributed by atoms with Gasteiger partial charge in [0.15, 0.2) is 0 Å². The van der Waals surface area contributed by atoms with E-state index in [1.54, 1.807) is 12.2 Å². The minimum Gasteiger partial charge on any atom is -0.412 e. The summed E-state index contributed by atoms with van der Waals surface area (Å²) in [6, 6.07) is 8.17. The summed E-state index contributed by atoms with van der Waals surface area (Å²) in [5, 5.41) is 17.8. The molecule has 5 N–H and O–H groups in total. The molecule has 0 heterocycles. The number of rotatable bonds is 5. The molecule has 33 heavy (non-hydrogen) atoms. The van der Waals surface area contributed by atoms with Gasteiger partial charge >= 0.3 is 0 Å². The maximum Gasteiger partial charge on any atom is 0.145 e. The summed E-state index contributed by atoms with van der Waals surface area (Å²) in [5.74, 6) is 11.5. The fourth-order valence-electron chi connectivity index (χ4n) is 5.12. The summed E-state index contributed by atoms with van der Waals surface area (Å²) in [6.07, 6.45) is 13.2. The first kappa shape index (κ1) is 21.5. The van der Waals surface area contributed by atoms with Gasteiger partial charge in [0, 0.05) is 12.8 Å². The van der Waals surface area contributed by atoms with Crippen LogP contribution < -0.4 is 22.2 Å². The summed E-state index contributed by atoms with van der Waals surface area (Å²) < 4.78 is 0. The lowest BCUT2D eigenvalue weighted by molar-refractivity contribution is 0.0843. The van der Waals surface area contributed by atoms with E-state index in [-0.39, 0.29) is 11.8 Å². The van der Waals surface area contributed by atoms with Gasteiger partial charge in [-0.25, -0.2) is 5.90 Å². The third-order valence-electron chi connectivity index (χ3n) is 6.42. The lowest BCUT2D eigenvalue weighted by atomic mass is 9.82. The van der Waals surface area contributed by atoms with Crippen LogP contribution in [0.15, 0.2) is 65.2 Å². The molecule has 0 radical (unpaired) electrons. The van der Waals surface area contributed by atoms with Crippen LogP contribution in [0.4, 0.5) is 0 Å². The molecule has 7 nitrogen and oxygen atoms in total. The number of nitrogens with zero attached hydrogens (tertiary/aromatic N) is 1. The Morgan fingerprint density at radius 2 is 1.55 bits per heavy atom. The molecule has 0 saturated heterocycles. The molecule has 0 saturated carbocycles. The monoisotopic (exact) mass is 443 g/mol. The Balaban J connectivity index is 1.85. The predicted molar refractivity (Wildman–Crippen MR) is 129 cm³/mol. The smallest absolute Gasteiger partial charge is 0.145 e. The van der Waals surface area contributed by atoms with Crippen molar-refractivity contribution < 1.29 is 14.8 Å². The van der Waals surface area contributed by atoms with Crippen molar-refractivity contribution in [3.63, 3.8) is 0 Å². The van der Waals surface area contributed by atoms with Crippen LogP contribution in [0.3, 0.4) is 0 Å². The van der Waals surface area contributed by atoms with Crippen LogP contribution in [-0.2, 0) is 9.68 Å². The first-order chi connectivity index (χ1) is 16.1. The van der Waals surface area contributed by atoms with E-state index in [9.17, 15) is 10.0 Å². The summed E-state index contributed by atoms with van der Waals surface area (Å²) in [4.78, 5) is 21.4. The van der Waals surface area contributed by atoms with E-state index in [2.05, 4.69) is 29.5 Å². The third kappa shape index (κ3) is 3.85. The molecule has 7 heteroatoms. The highest BCUT2D eigenvalue weighted by atomic mass is 16.6. The summed E-state index contributed by atoms with van der Waals surface area (Å²) >= 11 is 0. The first-order valence-corrected chi connectivity index (χ1v) is 11.0. The lowest BCUT2D eigenvalue weighted by Crippen LogP contribution is -2.35. The molecule has 2 aromatic rings. The van der Waals surface area contributed by atoms with Gasteiger partial charge in [0.2, 0.25) is 0 Å². The van der Waals surface area contributed by atoms with E-state index in [1.807, 2.05) is 18.2 Å². The van der Waals surface area contributed by atoms with Gasteiger partial charge in [0.05, 0.1) is 6.10 Å². The minimum atomic E-state index is -0.753. The van der Waals surface area contributed by atoms with Gasteiger partial charge in [0.25, 0.3) is 0 Å². The van der Waals surface area contributed by atoms with Crippen LogP contribution in [-0.4, -0.2) is 17.3 Å². The molecular weight excluding hydrogens is 418 g/mol. The fraction of sp³-hybridized carbons (Fsp3) is 0.231. The van der Waals surface area contributed by atoms with E-state index < -0.39 is 6.10 Å². The number of hydrogen-bond acceptors (Lipinski definition) is 7. The predicted octanol–water partition coefficient (Wildman–Crippen LogP) is 2.81. The number of aliphatic hydroxyl groups is 1. The molecule has 2 aromatic carbocycles. The van der Waals surface area contributed by atoms with E-state index in [1.165, 1.54) is 6.08 Å². The maximum atomic E-state index is 11.3. The Bertz CT molecular complexity index is 1380. The van der Waals surface area contributed by atoms with Gasteiger partial charge < -0.3 is 9.94 Å². The van der Waals surface area contributed by atoms with Gasteiger partial charge in [-0.2, -0.15) is 5.90 Å². The third-order valence-corrected chi connectivity index (χ3v) is 6.42. The first-order valence-electron chi connectivity index (χ1n) is 11.0. The Hall–Kier alpha value is -3.36. The molecule has 3 aliphatic rings. The summed E-state index contributed by atoms with van der Waals surface area (Å²) in [7, 11) is 0. The maximum absolute atomic E-state index is 11.3. The molecule has 168 valence electrons. The van der Waals surface area contributed by atoms with Crippen LogP contribution in [0.2, 0.25) is 0 Å². The molecule has 0 fully saturated rings. The zero-order chi connectivity index (χ0) is 22.9. The number of aliphatic hydroxyl groups excluding tert-OH is 1. The Kier molecular flexibility index (Phi) is 5.78. The summed E-state index contributed by atoms with van der Waals surface area (Å²) in [5.41, 5.74) is 4.29. The average Bonchev–Trinajstić information content (AvgIpc) is 2.86. The second-order valence-electron chi connectivity index (χ2n) is 8.47. The molecule has 0 spiro atoms. The second kappa shape index (κ2) is 8.88. The molecule has 0 aromatic heterocycles. The van der Waals surface area contributed by atoms with Crippen molar-refractivity contribution in [1.29, 1.82) is 0 Å². The fourth-order valence-corrected chi connectivity index (χ4v) is 5.12. The van der Waals surface area contributed by atoms with Crippen molar-refractivity contribution in [1.82, 2.24) is 0 Å².